The first-order valence-electron chi connectivity index (χ1n) is 6.28. The molecule has 0 amide bonds. The molecule has 0 bridgehead atoms. The fourth-order valence-corrected chi connectivity index (χ4v) is 2.02. The van der Waals surface area contributed by atoms with Crippen molar-refractivity contribution in [3.05, 3.63) is 65.0 Å². The molecule has 0 aliphatic carbocycles. The number of hydrogen-bond acceptors (Lipinski definition) is 2. The van der Waals surface area contributed by atoms with Gasteiger partial charge in [0.25, 0.3) is 0 Å². The predicted octanol–water partition coefficient (Wildman–Crippen LogP) is 3.61. The van der Waals surface area contributed by atoms with E-state index in [1.54, 1.807) is 12.1 Å². The zero-order chi connectivity index (χ0) is 13.8. The molecule has 1 atom stereocenters. The third kappa shape index (κ3) is 3.12. The minimum atomic E-state index is -0.892. The quantitative estimate of drug-likeness (QED) is 0.909. The summed E-state index contributed by atoms with van der Waals surface area (Å²) in [6.07, 6.45) is -0.892. The average molecular weight is 260 g/mol. The summed E-state index contributed by atoms with van der Waals surface area (Å²) >= 11 is 0. The van der Waals surface area contributed by atoms with Crippen molar-refractivity contribution in [2.75, 3.05) is 6.61 Å². The normalized spacial score (nSPS) is 12.2. The lowest BCUT2D eigenvalue weighted by molar-refractivity contribution is 0.211. The lowest BCUT2D eigenvalue weighted by Gasteiger charge is -2.17. The molecule has 3 heteroatoms. The standard InChI is InChI=1S/C16H17FO2/c1-3-19-15-8-7-11(2)9-14(15)16(18)12-5-4-6-13(17)10-12/h4-10,16,18H,3H2,1-2H3. The average Bonchev–Trinajstić information content (AvgIpc) is 2.40. The van der Waals surface area contributed by atoms with Crippen LogP contribution in [0.2, 0.25) is 0 Å². The van der Waals surface area contributed by atoms with Crippen molar-refractivity contribution in [2.24, 2.45) is 0 Å². The van der Waals surface area contributed by atoms with Gasteiger partial charge in [0, 0.05) is 5.56 Å². The van der Waals surface area contributed by atoms with E-state index < -0.39 is 6.10 Å². The number of halogens is 1. The van der Waals surface area contributed by atoms with Crippen LogP contribution in [0.3, 0.4) is 0 Å². The van der Waals surface area contributed by atoms with Crippen molar-refractivity contribution >= 4 is 0 Å². The van der Waals surface area contributed by atoms with E-state index in [4.69, 9.17) is 4.74 Å². The molecule has 0 saturated carbocycles. The smallest absolute Gasteiger partial charge is 0.125 e. The van der Waals surface area contributed by atoms with E-state index in [0.29, 0.717) is 23.5 Å². The number of aliphatic hydroxyl groups is 1. The molecule has 0 saturated heterocycles. The van der Waals surface area contributed by atoms with Gasteiger partial charge in [0.05, 0.1) is 6.61 Å². The Balaban J connectivity index is 2.42. The van der Waals surface area contributed by atoms with E-state index in [-0.39, 0.29) is 5.82 Å². The molecule has 2 rings (SSSR count). The Hall–Kier alpha value is -1.87. The molecule has 1 unspecified atom stereocenters. The Kier molecular flexibility index (Phi) is 4.17. The second kappa shape index (κ2) is 5.85. The zero-order valence-electron chi connectivity index (χ0n) is 11.1. The monoisotopic (exact) mass is 260 g/mol. The van der Waals surface area contributed by atoms with E-state index in [9.17, 15) is 9.50 Å². The first-order valence-corrected chi connectivity index (χ1v) is 6.28. The van der Waals surface area contributed by atoms with Crippen molar-refractivity contribution in [1.29, 1.82) is 0 Å². The number of ether oxygens (including phenoxy) is 1. The summed E-state index contributed by atoms with van der Waals surface area (Å²) in [5.41, 5.74) is 2.20. The Morgan fingerprint density at radius 2 is 2.00 bits per heavy atom. The largest absolute Gasteiger partial charge is 0.493 e. The Morgan fingerprint density at radius 3 is 2.68 bits per heavy atom. The van der Waals surface area contributed by atoms with Gasteiger partial charge in [-0.3, -0.25) is 0 Å². The number of benzene rings is 2. The molecule has 1 N–H and O–H groups in total. The number of aliphatic hydroxyl groups excluding tert-OH is 1. The Bertz CT molecular complexity index is 566. The summed E-state index contributed by atoms with van der Waals surface area (Å²) in [5, 5.41) is 10.4. The SMILES string of the molecule is CCOc1ccc(C)cc1C(O)c1cccc(F)c1. The van der Waals surface area contributed by atoms with Gasteiger partial charge >= 0.3 is 0 Å². The first-order chi connectivity index (χ1) is 9.11. The van der Waals surface area contributed by atoms with Crippen LogP contribution in [0.4, 0.5) is 4.39 Å². The van der Waals surface area contributed by atoms with Crippen LogP contribution in [0.25, 0.3) is 0 Å². The van der Waals surface area contributed by atoms with Crippen LogP contribution in [0, 0.1) is 12.7 Å². The van der Waals surface area contributed by atoms with Gasteiger partial charge in [-0.2, -0.15) is 0 Å². The maximum Gasteiger partial charge on any atom is 0.125 e. The van der Waals surface area contributed by atoms with Gasteiger partial charge in [0.15, 0.2) is 0 Å². The van der Waals surface area contributed by atoms with Gasteiger partial charge in [-0.05, 0) is 43.7 Å². The molecule has 2 aromatic carbocycles. The van der Waals surface area contributed by atoms with Crippen LogP contribution in [0.5, 0.6) is 5.75 Å². The second-order valence-electron chi connectivity index (χ2n) is 4.43. The third-order valence-corrected chi connectivity index (χ3v) is 2.92. The lowest BCUT2D eigenvalue weighted by atomic mass is 9.99. The molecule has 0 aromatic heterocycles. The van der Waals surface area contributed by atoms with E-state index >= 15 is 0 Å². The number of rotatable bonds is 4. The first kappa shape index (κ1) is 13.6. The second-order valence-corrected chi connectivity index (χ2v) is 4.43. The molecule has 0 radical (unpaired) electrons. The van der Waals surface area contributed by atoms with Crippen molar-refractivity contribution in [1.82, 2.24) is 0 Å². The molecule has 0 aliphatic heterocycles. The third-order valence-electron chi connectivity index (χ3n) is 2.92. The van der Waals surface area contributed by atoms with Crippen molar-refractivity contribution in [2.45, 2.75) is 20.0 Å². The number of aryl methyl sites for hydroxylation is 1. The van der Waals surface area contributed by atoms with E-state index in [2.05, 4.69) is 0 Å². The van der Waals surface area contributed by atoms with Crippen molar-refractivity contribution in [3.8, 4) is 5.75 Å². The van der Waals surface area contributed by atoms with Crippen LogP contribution in [0.15, 0.2) is 42.5 Å². The van der Waals surface area contributed by atoms with Gasteiger partial charge in [0.2, 0.25) is 0 Å². The molecule has 0 fully saturated rings. The summed E-state index contributed by atoms with van der Waals surface area (Å²) < 4.78 is 18.7. The van der Waals surface area contributed by atoms with Crippen LogP contribution in [-0.4, -0.2) is 11.7 Å². The predicted molar refractivity (Wildman–Crippen MR) is 72.8 cm³/mol. The van der Waals surface area contributed by atoms with Crippen molar-refractivity contribution in [3.63, 3.8) is 0 Å². The Morgan fingerprint density at radius 1 is 1.21 bits per heavy atom. The molecule has 2 aromatic rings. The maximum absolute atomic E-state index is 13.2. The number of hydrogen-bond donors (Lipinski definition) is 1. The highest BCUT2D eigenvalue weighted by molar-refractivity contribution is 5.42. The van der Waals surface area contributed by atoms with Crippen LogP contribution in [-0.2, 0) is 0 Å². The van der Waals surface area contributed by atoms with Gasteiger partial charge in [-0.25, -0.2) is 4.39 Å². The van der Waals surface area contributed by atoms with Gasteiger partial charge in [-0.15, -0.1) is 0 Å². The highest BCUT2D eigenvalue weighted by Crippen LogP contribution is 2.31. The van der Waals surface area contributed by atoms with Crippen molar-refractivity contribution < 1.29 is 14.2 Å². The molecule has 0 spiro atoms. The summed E-state index contributed by atoms with van der Waals surface area (Å²) in [4.78, 5) is 0. The summed E-state index contributed by atoms with van der Waals surface area (Å²) in [7, 11) is 0. The van der Waals surface area contributed by atoms with Crippen LogP contribution < -0.4 is 4.74 Å². The fourth-order valence-electron chi connectivity index (χ4n) is 2.02. The molecule has 19 heavy (non-hydrogen) atoms. The summed E-state index contributed by atoms with van der Waals surface area (Å²) in [6.45, 7) is 4.35. The van der Waals surface area contributed by atoms with E-state index in [1.807, 2.05) is 32.0 Å². The van der Waals surface area contributed by atoms with E-state index in [1.165, 1.54) is 12.1 Å². The lowest BCUT2D eigenvalue weighted by Crippen LogP contribution is -2.04. The van der Waals surface area contributed by atoms with Gasteiger partial charge in [0.1, 0.15) is 17.7 Å². The van der Waals surface area contributed by atoms with Crippen LogP contribution >= 0.6 is 0 Å². The molecule has 0 aliphatic rings. The fraction of sp³-hybridized carbons (Fsp3) is 0.250. The summed E-state index contributed by atoms with van der Waals surface area (Å²) in [5.74, 6) is 0.270. The topological polar surface area (TPSA) is 29.5 Å². The minimum absolute atomic E-state index is 0.359. The van der Waals surface area contributed by atoms with E-state index in [0.717, 1.165) is 5.56 Å². The minimum Gasteiger partial charge on any atom is -0.493 e. The van der Waals surface area contributed by atoms with Gasteiger partial charge < -0.3 is 9.84 Å². The molecule has 0 heterocycles. The molecule has 2 nitrogen and oxygen atoms in total. The summed E-state index contributed by atoms with van der Waals surface area (Å²) in [6, 6.07) is 11.6. The molecule has 100 valence electrons. The highest BCUT2D eigenvalue weighted by atomic mass is 19.1. The Labute approximate surface area is 112 Å². The maximum atomic E-state index is 13.2. The van der Waals surface area contributed by atoms with Crippen LogP contribution in [0.1, 0.15) is 29.7 Å². The van der Waals surface area contributed by atoms with Gasteiger partial charge in [-0.1, -0.05) is 23.8 Å². The molecular weight excluding hydrogens is 243 g/mol. The highest BCUT2D eigenvalue weighted by Gasteiger charge is 2.16. The molecular formula is C16H17FO2. The zero-order valence-corrected chi connectivity index (χ0v) is 11.1.